The van der Waals surface area contributed by atoms with Gasteiger partial charge in [0.05, 0.1) is 18.2 Å². The molecule has 0 saturated carbocycles. The maximum absolute atomic E-state index is 13.6. The van der Waals surface area contributed by atoms with Crippen LogP contribution in [0.4, 0.5) is 49.6 Å². The van der Waals surface area contributed by atoms with Crippen molar-refractivity contribution in [2.24, 2.45) is 0 Å². The Morgan fingerprint density at radius 2 is 1.23 bits per heavy atom. The zero-order chi connectivity index (χ0) is 34.4. The van der Waals surface area contributed by atoms with Crippen LogP contribution in [0, 0.1) is 0 Å². The number of nitrogens with zero attached hydrogens (tertiary/aromatic N) is 1. The molecule has 0 radical (unpaired) electrons. The topological polar surface area (TPSA) is 51.2 Å². The van der Waals surface area contributed by atoms with E-state index >= 15 is 0 Å². The van der Waals surface area contributed by atoms with Crippen molar-refractivity contribution in [1.82, 2.24) is 0 Å². The van der Waals surface area contributed by atoms with E-state index in [4.69, 9.17) is 4.74 Å². The van der Waals surface area contributed by atoms with Crippen LogP contribution in [0.1, 0.15) is 28.3 Å². The zero-order valence-corrected chi connectivity index (χ0v) is 23.9. The normalized spacial score (nSPS) is 12.9. The van der Waals surface area contributed by atoms with Crippen LogP contribution in [-0.4, -0.2) is 30.6 Å². The van der Waals surface area contributed by atoms with Crippen LogP contribution in [0.15, 0.2) is 97.1 Å². The first kappa shape index (κ1) is 35.2. The van der Waals surface area contributed by atoms with Crippen LogP contribution >= 0.6 is 0 Å². The fourth-order valence-electron chi connectivity index (χ4n) is 4.52. The predicted octanol–water partition coefficient (Wildman–Crippen LogP) is 9.16. The molecule has 5 nitrogen and oxygen atoms in total. The summed E-state index contributed by atoms with van der Waals surface area (Å²) >= 11 is 0. The third kappa shape index (κ3) is 9.91. The molecular weight excluding hydrogens is 652 g/mol. The van der Waals surface area contributed by atoms with Crippen LogP contribution in [0.2, 0.25) is 0 Å². The van der Waals surface area contributed by atoms with E-state index in [1.165, 1.54) is 47.4 Å². The fraction of sp³-hybridized carbons (Fsp3) is 0.250. The maximum Gasteiger partial charge on any atom is 0.573 e. The predicted molar refractivity (Wildman–Crippen MR) is 149 cm³/mol. The molecule has 1 atom stereocenters. The molecule has 252 valence electrons. The first-order valence-electron chi connectivity index (χ1n) is 13.6. The molecule has 0 aliphatic rings. The second-order valence-corrected chi connectivity index (χ2v) is 10.0. The lowest BCUT2D eigenvalue weighted by Crippen LogP contribution is -2.33. The Balaban J connectivity index is 1.65. The number of aliphatic hydroxyl groups excluding tert-OH is 1. The van der Waals surface area contributed by atoms with Gasteiger partial charge < -0.3 is 24.2 Å². The van der Waals surface area contributed by atoms with Crippen molar-refractivity contribution in [1.29, 1.82) is 0 Å². The SMILES string of the molecule is OCC(c1ccc(C(F)(F)F)cc1)N(Cc1cccc(OC(F)(F)C(F)F)c1)c1cccc(OCc2cccc(OC(F)(F)F)c2)c1. The lowest BCUT2D eigenvalue weighted by Gasteiger charge is -2.34. The van der Waals surface area contributed by atoms with Crippen molar-refractivity contribution in [3.05, 3.63) is 119 Å². The van der Waals surface area contributed by atoms with Gasteiger partial charge in [-0.05, 0) is 65.2 Å². The highest BCUT2D eigenvalue weighted by molar-refractivity contribution is 5.54. The molecule has 0 amide bonds. The molecule has 1 N–H and O–H groups in total. The van der Waals surface area contributed by atoms with E-state index in [2.05, 4.69) is 9.47 Å². The van der Waals surface area contributed by atoms with Gasteiger partial charge in [-0.3, -0.25) is 0 Å². The molecule has 0 heterocycles. The second kappa shape index (κ2) is 14.4. The van der Waals surface area contributed by atoms with Crippen LogP contribution in [-0.2, 0) is 19.3 Å². The third-order valence-corrected chi connectivity index (χ3v) is 6.62. The summed E-state index contributed by atoms with van der Waals surface area (Å²) in [7, 11) is 0. The lowest BCUT2D eigenvalue weighted by molar-refractivity contribution is -0.274. The Morgan fingerprint density at radius 3 is 1.83 bits per heavy atom. The van der Waals surface area contributed by atoms with E-state index in [-0.39, 0.29) is 30.0 Å². The standard InChI is InChI=1S/C32H25F10NO4/c33-29(34)31(38,39)46-26-8-1-4-20(14-26)17-43(28(18-44)22-10-12-23(13-11-22)30(35,36)37)24-6-3-7-25(16-24)45-19-21-5-2-9-27(15-21)47-32(40,41)42/h1-16,28-29,44H,17-19H2. The van der Waals surface area contributed by atoms with E-state index in [1.807, 2.05) is 0 Å². The lowest BCUT2D eigenvalue weighted by atomic mass is 10.0. The quantitative estimate of drug-likeness (QED) is 0.143. The van der Waals surface area contributed by atoms with Crippen molar-refractivity contribution >= 4 is 5.69 Å². The molecule has 0 bridgehead atoms. The number of halogens is 10. The summed E-state index contributed by atoms with van der Waals surface area (Å²) in [5.74, 6) is -0.845. The van der Waals surface area contributed by atoms with Crippen molar-refractivity contribution in [3.8, 4) is 17.2 Å². The van der Waals surface area contributed by atoms with Crippen molar-refractivity contribution in [2.45, 2.75) is 44.3 Å². The average Bonchev–Trinajstić information content (AvgIpc) is 2.99. The Kier molecular flexibility index (Phi) is 10.8. The third-order valence-electron chi connectivity index (χ3n) is 6.62. The number of hydrogen-bond donors (Lipinski definition) is 1. The fourth-order valence-corrected chi connectivity index (χ4v) is 4.52. The summed E-state index contributed by atoms with van der Waals surface area (Å²) in [6.45, 7) is -1.02. The smallest absolute Gasteiger partial charge is 0.489 e. The number of rotatable bonds is 13. The first-order chi connectivity index (χ1) is 22.0. The van der Waals surface area contributed by atoms with Gasteiger partial charge in [0.1, 0.15) is 23.9 Å². The highest BCUT2D eigenvalue weighted by Crippen LogP contribution is 2.35. The minimum Gasteiger partial charge on any atom is -0.489 e. The van der Waals surface area contributed by atoms with Crippen LogP contribution in [0.5, 0.6) is 17.2 Å². The van der Waals surface area contributed by atoms with Crippen LogP contribution < -0.4 is 19.1 Å². The molecule has 1 unspecified atom stereocenters. The van der Waals surface area contributed by atoms with Gasteiger partial charge in [-0.15, -0.1) is 13.2 Å². The maximum atomic E-state index is 13.6. The summed E-state index contributed by atoms with van der Waals surface area (Å²) in [5.41, 5.74) is 0.189. The Morgan fingerprint density at radius 1 is 0.660 bits per heavy atom. The average molecular weight is 678 g/mol. The monoisotopic (exact) mass is 677 g/mol. The number of aliphatic hydroxyl groups is 1. The summed E-state index contributed by atoms with van der Waals surface area (Å²) in [4.78, 5) is 1.51. The number of ether oxygens (including phenoxy) is 3. The van der Waals surface area contributed by atoms with E-state index < -0.39 is 54.8 Å². The molecule has 0 saturated heterocycles. The number of hydrogen-bond acceptors (Lipinski definition) is 5. The van der Waals surface area contributed by atoms with Crippen molar-refractivity contribution in [3.63, 3.8) is 0 Å². The molecule has 47 heavy (non-hydrogen) atoms. The number of alkyl halides is 10. The summed E-state index contributed by atoms with van der Waals surface area (Å²) < 4.78 is 144. The van der Waals surface area contributed by atoms with E-state index in [0.29, 0.717) is 11.3 Å². The number of benzene rings is 4. The summed E-state index contributed by atoms with van der Waals surface area (Å²) in [6.07, 6.45) is -18.4. The van der Waals surface area contributed by atoms with E-state index in [1.54, 1.807) is 6.07 Å². The highest BCUT2D eigenvalue weighted by atomic mass is 19.4. The Bertz CT molecular complexity index is 1610. The molecule has 4 rings (SSSR count). The van der Waals surface area contributed by atoms with Gasteiger partial charge in [0.2, 0.25) is 0 Å². The molecular formula is C32H25F10NO4. The molecule has 4 aromatic carbocycles. The second-order valence-electron chi connectivity index (χ2n) is 10.0. The molecule has 0 aromatic heterocycles. The van der Waals surface area contributed by atoms with Crippen molar-refractivity contribution in [2.75, 3.05) is 11.5 Å². The van der Waals surface area contributed by atoms with Crippen molar-refractivity contribution < 1.29 is 63.2 Å². The Hall–Kier alpha value is -4.66. The van der Waals surface area contributed by atoms with Gasteiger partial charge in [-0.2, -0.15) is 30.7 Å². The van der Waals surface area contributed by atoms with Crippen LogP contribution in [0.25, 0.3) is 0 Å². The van der Waals surface area contributed by atoms with E-state index in [0.717, 1.165) is 48.5 Å². The zero-order valence-electron chi connectivity index (χ0n) is 23.9. The minimum atomic E-state index is -4.90. The first-order valence-corrected chi connectivity index (χ1v) is 13.6. The van der Waals surface area contributed by atoms with E-state index in [9.17, 15) is 49.0 Å². The van der Waals surface area contributed by atoms with Gasteiger partial charge >= 0.3 is 25.1 Å². The minimum absolute atomic E-state index is 0.190. The summed E-state index contributed by atoms with van der Waals surface area (Å²) in [5, 5.41) is 10.4. The number of anilines is 1. The molecule has 15 heteroatoms. The van der Waals surface area contributed by atoms with Gasteiger partial charge in [0.15, 0.2) is 0 Å². The van der Waals surface area contributed by atoms with Gasteiger partial charge in [-0.1, -0.05) is 42.5 Å². The Labute approximate surface area is 261 Å². The molecule has 0 aliphatic heterocycles. The van der Waals surface area contributed by atoms with Gasteiger partial charge in [0, 0.05) is 18.3 Å². The summed E-state index contributed by atoms with van der Waals surface area (Å²) in [6, 6.07) is 19.0. The molecule has 4 aromatic rings. The molecule has 0 fully saturated rings. The van der Waals surface area contributed by atoms with Crippen LogP contribution in [0.3, 0.4) is 0 Å². The largest absolute Gasteiger partial charge is 0.573 e. The molecule has 0 spiro atoms. The van der Waals surface area contributed by atoms with Gasteiger partial charge in [-0.25, -0.2) is 0 Å². The highest BCUT2D eigenvalue weighted by Gasteiger charge is 2.44. The van der Waals surface area contributed by atoms with Gasteiger partial charge in [0.25, 0.3) is 0 Å². The molecule has 0 aliphatic carbocycles.